The van der Waals surface area contributed by atoms with Crippen LogP contribution >= 0.6 is 0 Å². The number of nitrogens with zero attached hydrogens (tertiary/aromatic N) is 3. The predicted molar refractivity (Wildman–Crippen MR) is 124 cm³/mol. The van der Waals surface area contributed by atoms with Crippen LogP contribution in [0.4, 0.5) is 0 Å². The van der Waals surface area contributed by atoms with Crippen molar-refractivity contribution in [1.29, 1.82) is 0 Å². The summed E-state index contributed by atoms with van der Waals surface area (Å²) in [6.45, 7) is 18.3. The van der Waals surface area contributed by atoms with E-state index in [1.165, 1.54) is 16.8 Å². The molecular formula is C25H39N3O2. The third-order valence-electron chi connectivity index (χ3n) is 6.12. The average Bonchev–Trinajstić information content (AvgIpc) is 2.65. The van der Waals surface area contributed by atoms with Crippen molar-refractivity contribution in [3.05, 3.63) is 41.1 Å². The standard InChI is InChI=1S/C25H39N3O2/c1-17-22(24(2,3)4)21-15-27(13-18-9-11-20(30-8)12-10-18)19(16-29)14-28(21)23(26-17)25(5,6)7/h9-12,17,19,29H,13-16H2,1-8H3/t17-,19-/m0/s1. The molecule has 0 radical (unpaired) electrons. The number of amidine groups is 1. The molecule has 0 aromatic heterocycles. The highest BCUT2D eigenvalue weighted by molar-refractivity contribution is 5.90. The molecule has 2 atom stereocenters. The molecule has 1 aromatic carbocycles. The lowest BCUT2D eigenvalue weighted by Crippen LogP contribution is -2.58. The third-order valence-corrected chi connectivity index (χ3v) is 6.12. The number of piperazine rings is 1. The van der Waals surface area contributed by atoms with Gasteiger partial charge in [0.1, 0.15) is 11.6 Å². The minimum absolute atomic E-state index is 0.0394. The molecule has 0 bridgehead atoms. The van der Waals surface area contributed by atoms with Crippen LogP contribution in [0.1, 0.15) is 54.0 Å². The molecular weight excluding hydrogens is 374 g/mol. The van der Waals surface area contributed by atoms with Gasteiger partial charge in [-0.15, -0.1) is 0 Å². The van der Waals surface area contributed by atoms with Crippen molar-refractivity contribution in [3.8, 4) is 5.75 Å². The SMILES string of the molecule is COc1ccc(CN2CC3=C(C(C)(C)C)[C@H](C)N=C(C(C)(C)C)N3C[C@H]2CO)cc1. The fourth-order valence-corrected chi connectivity index (χ4v) is 4.83. The Bertz CT molecular complexity index is 812. The zero-order chi connectivity index (χ0) is 22.3. The van der Waals surface area contributed by atoms with E-state index in [4.69, 9.17) is 9.73 Å². The Morgan fingerprint density at radius 1 is 1.07 bits per heavy atom. The summed E-state index contributed by atoms with van der Waals surface area (Å²) in [5.41, 5.74) is 4.01. The second-order valence-corrected chi connectivity index (χ2v) is 10.7. The summed E-state index contributed by atoms with van der Waals surface area (Å²) in [5.74, 6) is 2.01. The Morgan fingerprint density at radius 3 is 2.20 bits per heavy atom. The monoisotopic (exact) mass is 413 g/mol. The van der Waals surface area contributed by atoms with Crippen LogP contribution < -0.4 is 4.74 Å². The molecule has 0 aliphatic carbocycles. The molecule has 2 aliphatic heterocycles. The van der Waals surface area contributed by atoms with Crippen LogP contribution in [0.25, 0.3) is 0 Å². The molecule has 1 saturated heterocycles. The number of benzene rings is 1. The minimum atomic E-state index is -0.0406. The number of hydrogen-bond donors (Lipinski definition) is 1. The van der Waals surface area contributed by atoms with Crippen LogP contribution in [0.15, 0.2) is 40.5 Å². The molecule has 1 aromatic rings. The minimum Gasteiger partial charge on any atom is -0.497 e. The summed E-state index contributed by atoms with van der Waals surface area (Å²) >= 11 is 0. The van der Waals surface area contributed by atoms with E-state index in [9.17, 15) is 5.11 Å². The molecule has 166 valence electrons. The Labute approximate surface area is 182 Å². The second-order valence-electron chi connectivity index (χ2n) is 10.7. The van der Waals surface area contributed by atoms with Crippen molar-refractivity contribution in [1.82, 2.24) is 9.80 Å². The van der Waals surface area contributed by atoms with Crippen molar-refractivity contribution in [2.45, 2.75) is 67.1 Å². The third kappa shape index (κ3) is 4.57. The van der Waals surface area contributed by atoms with Gasteiger partial charge in [0.2, 0.25) is 0 Å². The number of aliphatic imine (C=N–C) groups is 1. The molecule has 0 amide bonds. The van der Waals surface area contributed by atoms with E-state index in [-0.39, 0.29) is 29.5 Å². The fraction of sp³-hybridized carbons (Fsp3) is 0.640. The molecule has 30 heavy (non-hydrogen) atoms. The van der Waals surface area contributed by atoms with E-state index < -0.39 is 0 Å². The maximum Gasteiger partial charge on any atom is 0.118 e. The lowest BCUT2D eigenvalue weighted by molar-refractivity contribution is 0.0752. The summed E-state index contributed by atoms with van der Waals surface area (Å²) in [7, 11) is 1.69. The van der Waals surface area contributed by atoms with E-state index in [1.807, 2.05) is 12.1 Å². The maximum absolute atomic E-state index is 10.2. The highest BCUT2D eigenvalue weighted by Crippen LogP contribution is 2.41. The first-order chi connectivity index (χ1) is 14.0. The number of aliphatic hydroxyl groups is 1. The van der Waals surface area contributed by atoms with E-state index in [1.54, 1.807) is 7.11 Å². The molecule has 0 unspecified atom stereocenters. The van der Waals surface area contributed by atoms with Gasteiger partial charge in [0.05, 0.1) is 25.8 Å². The topological polar surface area (TPSA) is 48.3 Å². The van der Waals surface area contributed by atoms with E-state index in [2.05, 4.69) is 70.4 Å². The van der Waals surface area contributed by atoms with Crippen LogP contribution in [0.2, 0.25) is 0 Å². The van der Waals surface area contributed by atoms with Gasteiger partial charge in [0, 0.05) is 30.7 Å². The Balaban J connectivity index is 1.98. The Kier molecular flexibility index (Phi) is 6.35. The van der Waals surface area contributed by atoms with Crippen LogP contribution in [0.5, 0.6) is 5.75 Å². The van der Waals surface area contributed by atoms with Gasteiger partial charge in [-0.25, -0.2) is 0 Å². The highest BCUT2D eigenvalue weighted by Gasteiger charge is 2.42. The largest absolute Gasteiger partial charge is 0.497 e. The maximum atomic E-state index is 10.2. The van der Waals surface area contributed by atoms with Crippen LogP contribution in [-0.4, -0.2) is 59.6 Å². The molecule has 2 aliphatic rings. The van der Waals surface area contributed by atoms with Gasteiger partial charge in [-0.2, -0.15) is 0 Å². The zero-order valence-corrected chi connectivity index (χ0v) is 20.0. The lowest BCUT2D eigenvalue weighted by Gasteiger charge is -2.51. The lowest BCUT2D eigenvalue weighted by atomic mass is 9.78. The van der Waals surface area contributed by atoms with Gasteiger partial charge in [-0.05, 0) is 35.6 Å². The number of methoxy groups -OCH3 is 1. The van der Waals surface area contributed by atoms with Crippen molar-refractivity contribution in [3.63, 3.8) is 0 Å². The van der Waals surface area contributed by atoms with Crippen molar-refractivity contribution in [2.75, 3.05) is 26.8 Å². The Morgan fingerprint density at radius 2 is 1.70 bits per heavy atom. The second kappa shape index (κ2) is 8.35. The number of rotatable bonds is 4. The number of hydrogen-bond acceptors (Lipinski definition) is 5. The van der Waals surface area contributed by atoms with Gasteiger partial charge in [-0.1, -0.05) is 53.7 Å². The van der Waals surface area contributed by atoms with Gasteiger partial charge in [0.25, 0.3) is 0 Å². The van der Waals surface area contributed by atoms with Gasteiger partial charge in [-0.3, -0.25) is 9.89 Å². The summed E-state index contributed by atoms with van der Waals surface area (Å²) in [6, 6.07) is 8.48. The molecule has 5 heteroatoms. The average molecular weight is 414 g/mol. The van der Waals surface area contributed by atoms with Gasteiger partial charge >= 0.3 is 0 Å². The van der Waals surface area contributed by atoms with E-state index >= 15 is 0 Å². The van der Waals surface area contributed by atoms with Crippen LogP contribution in [0.3, 0.4) is 0 Å². The summed E-state index contributed by atoms with van der Waals surface area (Å²) in [5, 5.41) is 10.2. The number of ether oxygens (including phenoxy) is 1. The fourth-order valence-electron chi connectivity index (χ4n) is 4.83. The zero-order valence-electron chi connectivity index (χ0n) is 20.0. The number of fused-ring (bicyclic) bond motifs is 1. The molecule has 0 spiro atoms. The Hall–Kier alpha value is -1.85. The van der Waals surface area contributed by atoms with Gasteiger partial charge in [0.15, 0.2) is 0 Å². The molecule has 2 heterocycles. The predicted octanol–water partition coefficient (Wildman–Crippen LogP) is 4.32. The van der Waals surface area contributed by atoms with Crippen LogP contribution in [-0.2, 0) is 6.54 Å². The van der Waals surface area contributed by atoms with Gasteiger partial charge < -0.3 is 14.7 Å². The summed E-state index contributed by atoms with van der Waals surface area (Å²) in [4.78, 5) is 9.98. The van der Waals surface area contributed by atoms with Crippen LogP contribution in [0, 0.1) is 10.8 Å². The summed E-state index contributed by atoms with van der Waals surface area (Å²) in [6.07, 6.45) is 0. The van der Waals surface area contributed by atoms with E-state index in [0.29, 0.717) is 0 Å². The first-order valence-corrected chi connectivity index (χ1v) is 11.0. The van der Waals surface area contributed by atoms with Crippen molar-refractivity contribution in [2.24, 2.45) is 15.8 Å². The first kappa shape index (κ1) is 22.8. The highest BCUT2D eigenvalue weighted by atomic mass is 16.5. The molecule has 0 saturated carbocycles. The number of aliphatic hydroxyl groups excluding tert-OH is 1. The summed E-state index contributed by atoms with van der Waals surface area (Å²) < 4.78 is 5.30. The quantitative estimate of drug-likeness (QED) is 0.799. The molecule has 3 rings (SSSR count). The molecule has 1 N–H and O–H groups in total. The molecule has 5 nitrogen and oxygen atoms in total. The molecule has 1 fully saturated rings. The first-order valence-electron chi connectivity index (χ1n) is 11.0. The van der Waals surface area contributed by atoms with E-state index in [0.717, 1.165) is 31.2 Å². The smallest absolute Gasteiger partial charge is 0.118 e. The van der Waals surface area contributed by atoms with Crippen molar-refractivity contribution < 1.29 is 9.84 Å². The van der Waals surface area contributed by atoms with Crippen molar-refractivity contribution >= 4 is 5.84 Å². The normalized spacial score (nSPS) is 23.4.